The Morgan fingerprint density at radius 2 is 1.63 bits per heavy atom. The second-order valence-corrected chi connectivity index (χ2v) is 4.28. The second kappa shape index (κ2) is 6.61. The molecule has 0 aliphatic heterocycles. The summed E-state index contributed by atoms with van der Waals surface area (Å²) in [7, 11) is 0. The molecule has 0 saturated heterocycles. The van der Waals surface area contributed by atoms with Crippen molar-refractivity contribution in [1.29, 1.82) is 0 Å². The Labute approximate surface area is 116 Å². The van der Waals surface area contributed by atoms with Gasteiger partial charge in [0.2, 0.25) is 0 Å². The summed E-state index contributed by atoms with van der Waals surface area (Å²) in [4.78, 5) is 0. The lowest BCUT2D eigenvalue weighted by Crippen LogP contribution is -2.02. The van der Waals surface area contributed by atoms with Crippen molar-refractivity contribution in [1.82, 2.24) is 0 Å². The van der Waals surface area contributed by atoms with Crippen molar-refractivity contribution in [3.63, 3.8) is 0 Å². The number of aliphatic hydroxyl groups excluding tert-OH is 2. The van der Waals surface area contributed by atoms with E-state index in [9.17, 15) is 0 Å². The summed E-state index contributed by atoms with van der Waals surface area (Å²) in [6.45, 7) is 0.342. The summed E-state index contributed by atoms with van der Waals surface area (Å²) < 4.78 is 10.7. The summed E-state index contributed by atoms with van der Waals surface area (Å²) >= 11 is 6.27. The lowest BCUT2D eigenvalue weighted by atomic mass is 10.1. The number of rotatable bonds is 6. The van der Waals surface area contributed by atoms with Gasteiger partial charge in [-0.1, -0.05) is 23.7 Å². The predicted molar refractivity (Wildman–Crippen MR) is 74.1 cm³/mol. The van der Waals surface area contributed by atoms with Crippen LogP contribution in [0.1, 0.15) is 0 Å². The molecule has 0 atom stereocenters. The number of fused-ring (bicyclic) bond motifs is 1. The fraction of sp³-hybridized carbons (Fsp3) is 0.286. The van der Waals surface area contributed by atoms with Crippen LogP contribution in [0.4, 0.5) is 0 Å². The van der Waals surface area contributed by atoms with Gasteiger partial charge in [0.05, 0.1) is 18.2 Å². The summed E-state index contributed by atoms with van der Waals surface area (Å²) in [5.74, 6) is 1.17. The molecule has 0 unspecified atom stereocenters. The number of aliphatic hydroxyl groups is 2. The lowest BCUT2D eigenvalue weighted by molar-refractivity contribution is 0.201. The van der Waals surface area contributed by atoms with E-state index < -0.39 is 0 Å². The third kappa shape index (κ3) is 3.29. The molecule has 5 heteroatoms. The van der Waals surface area contributed by atoms with Crippen LogP contribution in [0.5, 0.6) is 11.5 Å². The largest absolute Gasteiger partial charge is 0.491 e. The van der Waals surface area contributed by atoms with Crippen molar-refractivity contribution >= 4 is 22.4 Å². The van der Waals surface area contributed by atoms with Gasteiger partial charge in [-0.15, -0.1) is 0 Å². The van der Waals surface area contributed by atoms with E-state index in [2.05, 4.69) is 0 Å². The maximum atomic E-state index is 8.76. The Balaban J connectivity index is 2.35. The van der Waals surface area contributed by atoms with E-state index >= 15 is 0 Å². The number of halogens is 1. The Hall–Kier alpha value is -1.49. The van der Waals surface area contributed by atoms with E-state index in [1.807, 2.05) is 18.2 Å². The zero-order valence-electron chi connectivity index (χ0n) is 10.3. The number of hydrogen-bond acceptors (Lipinski definition) is 4. The normalized spacial score (nSPS) is 10.7. The van der Waals surface area contributed by atoms with Gasteiger partial charge in [-0.05, 0) is 23.6 Å². The Morgan fingerprint density at radius 3 is 2.37 bits per heavy atom. The van der Waals surface area contributed by atoms with Gasteiger partial charge in [0.15, 0.2) is 0 Å². The van der Waals surface area contributed by atoms with Crippen molar-refractivity contribution < 1.29 is 19.7 Å². The molecule has 0 aliphatic rings. The zero-order chi connectivity index (χ0) is 13.7. The van der Waals surface area contributed by atoms with Crippen LogP contribution in [-0.2, 0) is 0 Å². The molecular weight excluding hydrogens is 268 g/mol. The first-order valence-corrected chi connectivity index (χ1v) is 6.33. The van der Waals surface area contributed by atoms with Gasteiger partial charge in [-0.2, -0.15) is 0 Å². The molecule has 2 rings (SSSR count). The molecule has 0 radical (unpaired) electrons. The topological polar surface area (TPSA) is 58.9 Å². The molecule has 2 N–H and O–H groups in total. The van der Waals surface area contributed by atoms with Crippen LogP contribution in [0.3, 0.4) is 0 Å². The van der Waals surface area contributed by atoms with Gasteiger partial charge < -0.3 is 19.7 Å². The van der Waals surface area contributed by atoms with Crippen molar-refractivity contribution in [2.75, 3.05) is 26.4 Å². The molecule has 0 bridgehead atoms. The molecule has 4 nitrogen and oxygen atoms in total. The number of ether oxygens (including phenoxy) is 2. The molecule has 19 heavy (non-hydrogen) atoms. The van der Waals surface area contributed by atoms with Crippen molar-refractivity contribution in [2.24, 2.45) is 0 Å². The summed E-state index contributed by atoms with van der Waals surface area (Å²) in [5.41, 5.74) is 0. The molecule has 2 aromatic carbocycles. The second-order valence-electron chi connectivity index (χ2n) is 3.90. The van der Waals surface area contributed by atoms with E-state index in [1.54, 1.807) is 12.1 Å². The molecule has 0 fully saturated rings. The molecule has 0 heterocycles. The fourth-order valence-corrected chi connectivity index (χ4v) is 2.04. The van der Waals surface area contributed by atoms with Gasteiger partial charge in [-0.25, -0.2) is 0 Å². The van der Waals surface area contributed by atoms with Gasteiger partial charge in [0.25, 0.3) is 0 Å². The van der Waals surface area contributed by atoms with Crippen LogP contribution < -0.4 is 9.47 Å². The van der Waals surface area contributed by atoms with E-state index in [1.165, 1.54) is 0 Å². The Morgan fingerprint density at radius 1 is 0.947 bits per heavy atom. The van der Waals surface area contributed by atoms with Gasteiger partial charge in [0, 0.05) is 5.39 Å². The Kier molecular flexibility index (Phi) is 4.85. The van der Waals surface area contributed by atoms with Crippen LogP contribution in [0.2, 0.25) is 5.02 Å². The molecule has 0 saturated carbocycles. The minimum absolute atomic E-state index is 0.0363. The maximum Gasteiger partial charge on any atom is 0.138 e. The highest BCUT2D eigenvalue weighted by Gasteiger charge is 2.08. The van der Waals surface area contributed by atoms with Crippen molar-refractivity contribution in [3.8, 4) is 11.5 Å². The summed E-state index contributed by atoms with van der Waals surface area (Å²) in [5, 5.41) is 19.8. The van der Waals surface area contributed by atoms with Crippen molar-refractivity contribution in [2.45, 2.75) is 0 Å². The highest BCUT2D eigenvalue weighted by Crippen LogP contribution is 2.34. The smallest absolute Gasteiger partial charge is 0.138 e. The molecular formula is C14H15ClO4. The van der Waals surface area contributed by atoms with Crippen molar-refractivity contribution in [3.05, 3.63) is 35.4 Å². The van der Waals surface area contributed by atoms with E-state index in [0.29, 0.717) is 16.5 Å². The number of benzene rings is 2. The molecule has 0 spiro atoms. The third-order valence-corrected chi connectivity index (χ3v) is 2.99. The lowest BCUT2D eigenvalue weighted by Gasteiger charge is -2.10. The third-order valence-electron chi connectivity index (χ3n) is 2.60. The van der Waals surface area contributed by atoms with E-state index in [-0.39, 0.29) is 26.4 Å². The first kappa shape index (κ1) is 13.9. The van der Waals surface area contributed by atoms with Crippen LogP contribution in [0.25, 0.3) is 10.8 Å². The van der Waals surface area contributed by atoms with Crippen LogP contribution in [-0.4, -0.2) is 36.6 Å². The van der Waals surface area contributed by atoms with E-state index in [4.69, 9.17) is 31.3 Å². The maximum absolute atomic E-state index is 8.76. The molecule has 102 valence electrons. The standard InChI is InChI=1S/C14H15ClO4/c15-14-12-9-11(18-7-5-16)3-1-10(12)2-4-13(14)19-8-6-17/h1-4,9,16-17H,5-8H2. The first-order valence-electron chi connectivity index (χ1n) is 5.96. The molecule has 0 aromatic heterocycles. The predicted octanol–water partition coefficient (Wildman–Crippen LogP) is 2.24. The van der Waals surface area contributed by atoms with Gasteiger partial charge >= 0.3 is 0 Å². The average molecular weight is 283 g/mol. The minimum atomic E-state index is -0.0615. The zero-order valence-corrected chi connectivity index (χ0v) is 11.1. The highest BCUT2D eigenvalue weighted by molar-refractivity contribution is 6.37. The highest BCUT2D eigenvalue weighted by atomic mass is 35.5. The summed E-state index contributed by atoms with van der Waals surface area (Å²) in [6, 6.07) is 9.18. The Bertz CT molecular complexity index is 551. The van der Waals surface area contributed by atoms with Crippen LogP contribution in [0, 0.1) is 0 Å². The molecule has 0 aliphatic carbocycles. The minimum Gasteiger partial charge on any atom is -0.491 e. The molecule has 2 aromatic rings. The van der Waals surface area contributed by atoms with Crippen LogP contribution in [0.15, 0.2) is 30.3 Å². The fourth-order valence-electron chi connectivity index (χ4n) is 1.76. The first-order chi connectivity index (χ1) is 9.26. The molecule has 0 amide bonds. The number of hydrogen-bond donors (Lipinski definition) is 2. The van der Waals surface area contributed by atoms with E-state index in [0.717, 1.165) is 10.8 Å². The monoisotopic (exact) mass is 282 g/mol. The SMILES string of the molecule is OCCOc1ccc2ccc(OCCO)c(Cl)c2c1. The average Bonchev–Trinajstić information content (AvgIpc) is 2.45. The quantitative estimate of drug-likeness (QED) is 0.853. The van der Waals surface area contributed by atoms with Gasteiger partial charge in [-0.3, -0.25) is 0 Å². The summed E-state index contributed by atoms with van der Waals surface area (Å²) in [6.07, 6.45) is 0. The van der Waals surface area contributed by atoms with Crippen LogP contribution >= 0.6 is 11.6 Å². The van der Waals surface area contributed by atoms with Gasteiger partial charge in [0.1, 0.15) is 24.7 Å².